The van der Waals surface area contributed by atoms with Crippen LogP contribution in [0.1, 0.15) is 6.92 Å². The van der Waals surface area contributed by atoms with Crippen LogP contribution in [-0.2, 0) is 14.3 Å². The molecule has 0 aromatic heterocycles. The smallest absolute Gasteiger partial charge is 0.186 e. The zero-order valence-corrected chi connectivity index (χ0v) is 9.88. The fourth-order valence-corrected chi connectivity index (χ4v) is 2.12. The lowest BCUT2D eigenvalue weighted by atomic mass is 10.00. The molecule has 2 unspecified atom stereocenters. The Bertz CT molecular complexity index is 246. The van der Waals surface area contributed by atoms with Gasteiger partial charge in [-0.2, -0.15) is 0 Å². The average molecular weight is 252 g/mol. The molecule has 3 N–H and O–H groups in total. The molecule has 1 saturated heterocycles. The highest BCUT2D eigenvalue weighted by Gasteiger charge is 2.43. The third kappa shape index (κ3) is 3.16. The lowest BCUT2D eigenvalue weighted by molar-refractivity contribution is -0.284. The number of carbonyl (C=O) groups excluding carboxylic acids is 1. The van der Waals surface area contributed by atoms with Crippen molar-refractivity contribution in [3.63, 3.8) is 0 Å². The minimum atomic E-state index is -1.34. The summed E-state index contributed by atoms with van der Waals surface area (Å²) in [5, 5.41) is 28.5. The lowest BCUT2D eigenvalue weighted by Crippen LogP contribution is -2.58. The summed E-state index contributed by atoms with van der Waals surface area (Å²) >= 11 is 0.985. The molecule has 1 fully saturated rings. The van der Waals surface area contributed by atoms with Crippen LogP contribution in [0.25, 0.3) is 0 Å². The van der Waals surface area contributed by atoms with Gasteiger partial charge in [0.25, 0.3) is 0 Å². The predicted molar refractivity (Wildman–Crippen MR) is 56.8 cm³/mol. The monoisotopic (exact) mass is 252 g/mol. The molecule has 1 heterocycles. The first-order valence-corrected chi connectivity index (χ1v) is 5.81. The molecule has 1 aliphatic rings. The molecule has 6 nitrogen and oxygen atoms in total. The maximum Gasteiger partial charge on any atom is 0.186 e. The molecule has 94 valence electrons. The molecule has 1 aliphatic heterocycles. The van der Waals surface area contributed by atoms with Crippen molar-refractivity contribution < 1.29 is 29.6 Å². The minimum absolute atomic E-state index is 0.106. The van der Waals surface area contributed by atoms with E-state index in [1.54, 1.807) is 0 Å². The van der Waals surface area contributed by atoms with Crippen LogP contribution < -0.4 is 0 Å². The van der Waals surface area contributed by atoms with Crippen molar-refractivity contribution in [2.24, 2.45) is 0 Å². The molecule has 1 rings (SSSR count). The van der Waals surface area contributed by atoms with Crippen LogP contribution in [0.3, 0.4) is 0 Å². The second-order valence-corrected chi connectivity index (χ2v) is 4.75. The van der Waals surface area contributed by atoms with Crippen molar-refractivity contribution in [3.05, 3.63) is 0 Å². The topological polar surface area (TPSA) is 96.2 Å². The van der Waals surface area contributed by atoms with Crippen LogP contribution in [0, 0.1) is 0 Å². The Morgan fingerprint density at radius 2 is 1.94 bits per heavy atom. The number of thioether (sulfide) groups is 1. The van der Waals surface area contributed by atoms with Crippen LogP contribution in [0.15, 0.2) is 0 Å². The number of hydrogen-bond acceptors (Lipinski definition) is 7. The molecule has 16 heavy (non-hydrogen) atoms. The van der Waals surface area contributed by atoms with Crippen molar-refractivity contribution in [3.8, 4) is 0 Å². The molecule has 0 amide bonds. The van der Waals surface area contributed by atoms with Gasteiger partial charge >= 0.3 is 0 Å². The van der Waals surface area contributed by atoms with Crippen molar-refractivity contribution in [1.82, 2.24) is 0 Å². The van der Waals surface area contributed by atoms with E-state index in [-0.39, 0.29) is 10.9 Å². The standard InChI is InChI=1S/C9H16O6S/c1-4(10)16-3-5-6(11)7(12)8(13)9(14-2)15-5/h5-9,11-13H,3H2,1-2H3/t5?,6-,7?,8-,9-/m1/s1. The van der Waals surface area contributed by atoms with Gasteiger partial charge < -0.3 is 24.8 Å². The predicted octanol–water partition coefficient (Wildman–Crippen LogP) is -1.28. The normalized spacial score (nSPS) is 39.7. The van der Waals surface area contributed by atoms with Crippen molar-refractivity contribution >= 4 is 16.9 Å². The van der Waals surface area contributed by atoms with Gasteiger partial charge in [-0.05, 0) is 0 Å². The average Bonchev–Trinajstić information content (AvgIpc) is 2.25. The lowest BCUT2D eigenvalue weighted by Gasteiger charge is -2.39. The van der Waals surface area contributed by atoms with Gasteiger partial charge in [0.05, 0.1) is 6.10 Å². The fourth-order valence-electron chi connectivity index (χ4n) is 1.45. The number of carbonyl (C=O) groups is 1. The summed E-state index contributed by atoms with van der Waals surface area (Å²) in [4.78, 5) is 10.8. The maximum atomic E-state index is 10.8. The first kappa shape index (κ1) is 13.9. The second kappa shape index (κ2) is 5.95. The van der Waals surface area contributed by atoms with Gasteiger partial charge in [-0.25, -0.2) is 0 Å². The van der Waals surface area contributed by atoms with Gasteiger partial charge in [0.2, 0.25) is 0 Å². The molecule has 5 atom stereocenters. The van der Waals surface area contributed by atoms with Crippen LogP contribution >= 0.6 is 11.8 Å². The highest BCUT2D eigenvalue weighted by molar-refractivity contribution is 8.13. The fraction of sp³-hybridized carbons (Fsp3) is 0.889. The molecular weight excluding hydrogens is 236 g/mol. The van der Waals surface area contributed by atoms with E-state index in [1.165, 1.54) is 14.0 Å². The van der Waals surface area contributed by atoms with Crippen molar-refractivity contribution in [2.75, 3.05) is 12.9 Å². The van der Waals surface area contributed by atoms with E-state index in [4.69, 9.17) is 9.47 Å². The molecule has 0 bridgehead atoms. The third-order valence-corrected chi connectivity index (χ3v) is 3.25. The first-order chi connectivity index (χ1) is 7.47. The number of ether oxygens (including phenoxy) is 2. The molecule has 0 spiro atoms. The Morgan fingerprint density at radius 1 is 1.31 bits per heavy atom. The van der Waals surface area contributed by atoms with E-state index >= 15 is 0 Å². The van der Waals surface area contributed by atoms with Gasteiger partial charge in [0.1, 0.15) is 18.3 Å². The zero-order valence-electron chi connectivity index (χ0n) is 9.07. The Balaban J connectivity index is 2.60. The SMILES string of the molecule is CO[C@@H]1OC(CSC(C)=O)[C@@H](O)C(O)[C@H]1O. The van der Waals surface area contributed by atoms with E-state index in [1.807, 2.05) is 0 Å². The van der Waals surface area contributed by atoms with E-state index in [9.17, 15) is 20.1 Å². The molecular formula is C9H16O6S. The molecule has 0 radical (unpaired) electrons. The molecule has 0 aliphatic carbocycles. The van der Waals surface area contributed by atoms with E-state index < -0.39 is 30.7 Å². The molecule has 7 heteroatoms. The number of aliphatic hydroxyl groups is 3. The largest absolute Gasteiger partial charge is 0.388 e. The highest BCUT2D eigenvalue weighted by atomic mass is 32.2. The Hall–Kier alpha value is -0.180. The summed E-state index contributed by atoms with van der Waals surface area (Å²) in [5.41, 5.74) is 0. The maximum absolute atomic E-state index is 10.8. The van der Waals surface area contributed by atoms with Crippen molar-refractivity contribution in [1.29, 1.82) is 0 Å². The summed E-state index contributed by atoms with van der Waals surface area (Å²) in [5.74, 6) is 0.208. The quantitative estimate of drug-likeness (QED) is 0.575. The Morgan fingerprint density at radius 3 is 2.44 bits per heavy atom. The highest BCUT2D eigenvalue weighted by Crippen LogP contribution is 2.24. The van der Waals surface area contributed by atoms with E-state index in [0.29, 0.717) is 0 Å². The van der Waals surface area contributed by atoms with Gasteiger partial charge in [0.15, 0.2) is 11.4 Å². The second-order valence-electron chi connectivity index (χ2n) is 3.55. The summed E-state index contributed by atoms with van der Waals surface area (Å²) in [7, 11) is 1.33. The van der Waals surface area contributed by atoms with Gasteiger partial charge in [-0.3, -0.25) is 4.79 Å². The number of methoxy groups -OCH3 is 1. The number of aliphatic hydroxyl groups excluding tert-OH is 3. The summed E-state index contributed by atoms with van der Waals surface area (Å²) in [6, 6.07) is 0. The van der Waals surface area contributed by atoms with Gasteiger partial charge in [0, 0.05) is 19.8 Å². The van der Waals surface area contributed by atoms with Crippen molar-refractivity contribution in [2.45, 2.75) is 37.6 Å². The summed E-state index contributed by atoms with van der Waals surface area (Å²) in [6.07, 6.45) is -5.59. The van der Waals surface area contributed by atoms with Crippen LogP contribution in [-0.4, -0.2) is 64.0 Å². The van der Waals surface area contributed by atoms with E-state index in [0.717, 1.165) is 11.8 Å². The number of hydrogen-bond donors (Lipinski definition) is 3. The van der Waals surface area contributed by atoms with Crippen LogP contribution in [0.4, 0.5) is 0 Å². The zero-order chi connectivity index (χ0) is 12.3. The molecule has 0 aromatic rings. The summed E-state index contributed by atoms with van der Waals surface area (Å²) in [6.45, 7) is 1.40. The Labute approximate surface area is 97.5 Å². The van der Waals surface area contributed by atoms with Gasteiger partial charge in [-0.15, -0.1) is 0 Å². The van der Waals surface area contributed by atoms with E-state index in [2.05, 4.69) is 0 Å². The minimum Gasteiger partial charge on any atom is -0.388 e. The third-order valence-electron chi connectivity index (χ3n) is 2.35. The molecule has 0 aromatic carbocycles. The first-order valence-electron chi connectivity index (χ1n) is 4.83. The van der Waals surface area contributed by atoms with Crippen LogP contribution in [0.2, 0.25) is 0 Å². The Kier molecular flexibility index (Phi) is 5.16. The van der Waals surface area contributed by atoms with Gasteiger partial charge in [-0.1, -0.05) is 11.8 Å². The number of rotatable bonds is 3. The summed E-state index contributed by atoms with van der Waals surface area (Å²) < 4.78 is 10.0. The molecule has 0 saturated carbocycles. The van der Waals surface area contributed by atoms with Crippen LogP contribution in [0.5, 0.6) is 0 Å².